The Bertz CT molecular complexity index is 739. The van der Waals surface area contributed by atoms with Gasteiger partial charge < -0.3 is 5.11 Å². The number of hydrogen-bond acceptors (Lipinski definition) is 5. The van der Waals surface area contributed by atoms with Crippen LogP contribution in [0.4, 0.5) is 0 Å². The fraction of sp³-hybridized carbons (Fsp3) is 0.538. The third-order valence-electron chi connectivity index (χ3n) is 3.82. The summed E-state index contributed by atoms with van der Waals surface area (Å²) in [5.74, 6) is 0.0999. The SMILES string of the molecule is CNS(=O)(=O)c1ccccc1S(=O)(=O)N(C)CC1CC(O)C1. The highest BCUT2D eigenvalue weighted by molar-refractivity contribution is 7.92. The Hall–Kier alpha value is -1.00. The van der Waals surface area contributed by atoms with Gasteiger partial charge in [-0.15, -0.1) is 0 Å². The van der Waals surface area contributed by atoms with Crippen LogP contribution < -0.4 is 4.72 Å². The first-order valence-electron chi connectivity index (χ1n) is 6.85. The Morgan fingerprint density at radius 1 is 1.18 bits per heavy atom. The first kappa shape index (κ1) is 17.4. The summed E-state index contributed by atoms with van der Waals surface area (Å²) in [4.78, 5) is -0.510. The first-order valence-corrected chi connectivity index (χ1v) is 9.78. The van der Waals surface area contributed by atoms with E-state index in [0.29, 0.717) is 12.8 Å². The minimum atomic E-state index is -3.92. The molecule has 0 saturated heterocycles. The molecule has 2 rings (SSSR count). The second-order valence-electron chi connectivity index (χ2n) is 5.43. The lowest BCUT2D eigenvalue weighted by molar-refractivity contribution is 0.0367. The zero-order valence-electron chi connectivity index (χ0n) is 12.4. The summed E-state index contributed by atoms with van der Waals surface area (Å²) in [5.41, 5.74) is 0. The van der Waals surface area contributed by atoms with Crippen molar-refractivity contribution in [1.29, 1.82) is 0 Å². The molecule has 1 saturated carbocycles. The van der Waals surface area contributed by atoms with E-state index in [1.807, 2.05) is 0 Å². The third-order valence-corrected chi connectivity index (χ3v) is 7.30. The molecule has 9 heteroatoms. The number of aliphatic hydroxyl groups is 1. The summed E-state index contributed by atoms with van der Waals surface area (Å²) >= 11 is 0. The Balaban J connectivity index is 2.34. The van der Waals surface area contributed by atoms with Gasteiger partial charge >= 0.3 is 0 Å². The molecule has 1 aliphatic carbocycles. The lowest BCUT2D eigenvalue weighted by atomic mass is 9.82. The number of nitrogens with one attached hydrogen (secondary N) is 1. The van der Waals surface area contributed by atoms with Gasteiger partial charge in [0.05, 0.1) is 6.10 Å². The molecule has 0 bridgehead atoms. The number of sulfonamides is 2. The van der Waals surface area contributed by atoms with E-state index in [2.05, 4.69) is 4.72 Å². The molecule has 7 nitrogen and oxygen atoms in total. The number of hydrogen-bond donors (Lipinski definition) is 2. The molecular weight excluding hydrogens is 328 g/mol. The van der Waals surface area contributed by atoms with Crippen LogP contribution >= 0.6 is 0 Å². The fourth-order valence-electron chi connectivity index (χ4n) is 2.47. The molecule has 0 heterocycles. The van der Waals surface area contributed by atoms with Crippen LogP contribution in [0, 0.1) is 5.92 Å². The Morgan fingerprint density at radius 3 is 2.23 bits per heavy atom. The quantitative estimate of drug-likeness (QED) is 0.752. The van der Waals surface area contributed by atoms with E-state index in [9.17, 15) is 21.9 Å². The van der Waals surface area contributed by atoms with Crippen molar-refractivity contribution in [1.82, 2.24) is 9.03 Å². The van der Waals surface area contributed by atoms with Gasteiger partial charge in [-0.2, -0.15) is 0 Å². The van der Waals surface area contributed by atoms with Crippen LogP contribution in [0.1, 0.15) is 12.8 Å². The van der Waals surface area contributed by atoms with Crippen molar-refractivity contribution in [3.63, 3.8) is 0 Å². The van der Waals surface area contributed by atoms with E-state index in [4.69, 9.17) is 0 Å². The largest absolute Gasteiger partial charge is 0.393 e. The van der Waals surface area contributed by atoms with Crippen molar-refractivity contribution < 1.29 is 21.9 Å². The van der Waals surface area contributed by atoms with Crippen LogP contribution in [0.2, 0.25) is 0 Å². The van der Waals surface area contributed by atoms with E-state index in [0.717, 1.165) is 4.31 Å². The van der Waals surface area contributed by atoms with Gasteiger partial charge in [0, 0.05) is 13.6 Å². The average Bonchev–Trinajstić information content (AvgIpc) is 2.45. The maximum atomic E-state index is 12.6. The van der Waals surface area contributed by atoms with E-state index in [1.165, 1.54) is 38.4 Å². The number of rotatable bonds is 6. The maximum absolute atomic E-state index is 12.6. The number of nitrogens with zero attached hydrogens (tertiary/aromatic N) is 1. The number of benzene rings is 1. The smallest absolute Gasteiger partial charge is 0.244 e. The van der Waals surface area contributed by atoms with Crippen molar-refractivity contribution in [3.05, 3.63) is 24.3 Å². The predicted octanol–water partition coefficient (Wildman–Crippen LogP) is -0.0139. The average molecular weight is 348 g/mol. The summed E-state index contributed by atoms with van der Waals surface area (Å²) in [6.45, 7) is 0.257. The van der Waals surface area contributed by atoms with E-state index in [-0.39, 0.29) is 28.4 Å². The van der Waals surface area contributed by atoms with Crippen LogP contribution in [-0.4, -0.2) is 53.0 Å². The molecule has 1 aliphatic rings. The topological polar surface area (TPSA) is 104 Å². The van der Waals surface area contributed by atoms with E-state index in [1.54, 1.807) is 0 Å². The van der Waals surface area contributed by atoms with Crippen molar-refractivity contribution >= 4 is 20.0 Å². The normalized spacial score (nSPS) is 22.5. The van der Waals surface area contributed by atoms with E-state index < -0.39 is 20.0 Å². The van der Waals surface area contributed by atoms with Crippen LogP contribution in [0.3, 0.4) is 0 Å². The van der Waals surface area contributed by atoms with Gasteiger partial charge in [-0.1, -0.05) is 12.1 Å². The molecule has 1 aromatic carbocycles. The molecule has 1 fully saturated rings. The molecule has 0 amide bonds. The lowest BCUT2D eigenvalue weighted by Crippen LogP contribution is -2.40. The van der Waals surface area contributed by atoms with Gasteiger partial charge in [0.2, 0.25) is 20.0 Å². The first-order chi connectivity index (χ1) is 10.2. The van der Waals surface area contributed by atoms with Crippen LogP contribution in [-0.2, 0) is 20.0 Å². The highest BCUT2D eigenvalue weighted by Gasteiger charge is 2.33. The minimum absolute atomic E-state index is 0.0999. The summed E-state index contributed by atoms with van der Waals surface area (Å²) in [6.07, 6.45) is 0.769. The summed E-state index contributed by atoms with van der Waals surface area (Å²) < 4.78 is 52.6. The zero-order valence-corrected chi connectivity index (χ0v) is 14.1. The van der Waals surface area contributed by atoms with Gasteiger partial charge in [0.15, 0.2) is 0 Å². The van der Waals surface area contributed by atoms with Gasteiger partial charge in [0.1, 0.15) is 9.79 Å². The highest BCUT2D eigenvalue weighted by Crippen LogP contribution is 2.30. The second kappa shape index (κ2) is 6.25. The standard InChI is InChI=1S/C13H20N2O5S2/c1-14-21(17,18)12-5-3-4-6-13(12)22(19,20)15(2)9-10-7-11(16)8-10/h3-6,10-11,14,16H,7-9H2,1-2H3. The Kier molecular flexibility index (Phi) is 4.93. The summed E-state index contributed by atoms with van der Waals surface area (Å²) in [5, 5.41) is 9.28. The molecule has 0 aliphatic heterocycles. The molecule has 124 valence electrons. The van der Waals surface area contributed by atoms with Gasteiger partial charge in [-0.25, -0.2) is 25.9 Å². The van der Waals surface area contributed by atoms with Crippen LogP contribution in [0.5, 0.6) is 0 Å². The van der Waals surface area contributed by atoms with Crippen molar-refractivity contribution in [2.45, 2.75) is 28.7 Å². The van der Waals surface area contributed by atoms with Crippen molar-refractivity contribution in [2.24, 2.45) is 5.92 Å². The molecule has 0 atom stereocenters. The van der Waals surface area contributed by atoms with E-state index >= 15 is 0 Å². The molecule has 22 heavy (non-hydrogen) atoms. The summed E-state index contributed by atoms with van der Waals surface area (Å²) in [7, 11) is -5.14. The molecule has 2 N–H and O–H groups in total. The monoisotopic (exact) mass is 348 g/mol. The maximum Gasteiger partial charge on any atom is 0.244 e. The van der Waals surface area contributed by atoms with Gasteiger partial charge in [-0.05, 0) is 37.9 Å². The molecule has 0 unspecified atom stereocenters. The van der Waals surface area contributed by atoms with Crippen LogP contribution in [0.25, 0.3) is 0 Å². The van der Waals surface area contributed by atoms with Crippen molar-refractivity contribution in [3.8, 4) is 0 Å². The molecular formula is C13H20N2O5S2. The second-order valence-corrected chi connectivity index (χ2v) is 9.30. The Morgan fingerprint density at radius 2 is 1.73 bits per heavy atom. The third kappa shape index (κ3) is 3.33. The molecule has 1 aromatic rings. The Labute approximate surface area is 131 Å². The predicted molar refractivity (Wildman–Crippen MR) is 81.2 cm³/mol. The molecule has 0 aromatic heterocycles. The summed E-state index contributed by atoms with van der Waals surface area (Å²) in [6, 6.07) is 5.51. The zero-order chi connectivity index (χ0) is 16.5. The van der Waals surface area contributed by atoms with Crippen LogP contribution in [0.15, 0.2) is 34.1 Å². The van der Waals surface area contributed by atoms with Gasteiger partial charge in [-0.3, -0.25) is 0 Å². The lowest BCUT2D eigenvalue weighted by Gasteiger charge is -2.34. The highest BCUT2D eigenvalue weighted by atomic mass is 32.2. The number of aliphatic hydroxyl groups excluding tert-OH is 1. The molecule has 0 spiro atoms. The molecule has 0 radical (unpaired) electrons. The van der Waals surface area contributed by atoms with Crippen molar-refractivity contribution in [2.75, 3.05) is 20.6 Å². The minimum Gasteiger partial charge on any atom is -0.393 e. The fourth-order valence-corrected chi connectivity index (χ4v) is 5.25. The van der Waals surface area contributed by atoms with Gasteiger partial charge in [0.25, 0.3) is 0 Å².